The van der Waals surface area contributed by atoms with Crippen LogP contribution in [-0.4, -0.2) is 28.2 Å². The largest absolute Gasteiger partial charge is 0.275 e. The Labute approximate surface area is 203 Å². The molecule has 9 heteroatoms. The highest BCUT2D eigenvalue weighted by Gasteiger charge is 2.32. The van der Waals surface area contributed by atoms with Gasteiger partial charge in [0, 0.05) is 28.1 Å². The zero-order chi connectivity index (χ0) is 23.5. The summed E-state index contributed by atoms with van der Waals surface area (Å²) in [4.78, 5) is 33.4. The van der Waals surface area contributed by atoms with Gasteiger partial charge in [0.25, 0.3) is 11.8 Å². The van der Waals surface area contributed by atoms with E-state index in [4.69, 9.17) is 4.98 Å². The third-order valence-corrected chi connectivity index (χ3v) is 10.7. The van der Waals surface area contributed by atoms with Gasteiger partial charge in [0.1, 0.15) is 9.84 Å². The van der Waals surface area contributed by atoms with E-state index in [0.29, 0.717) is 17.7 Å². The molecule has 0 spiro atoms. The minimum Gasteiger partial charge on any atom is -0.275 e. The number of fused-ring (bicyclic) bond motifs is 1. The van der Waals surface area contributed by atoms with Gasteiger partial charge >= 0.3 is 0 Å². The summed E-state index contributed by atoms with van der Waals surface area (Å²) in [5.41, 5.74) is 5.64. The molecule has 1 aromatic carbocycles. The summed E-state index contributed by atoms with van der Waals surface area (Å²) in [5, 5.41) is 4.52. The molecule has 0 N–H and O–H groups in total. The fraction of sp³-hybridized carbons (Fsp3) is 0.261. The van der Waals surface area contributed by atoms with E-state index in [1.54, 1.807) is 29.6 Å². The second kappa shape index (κ2) is 8.82. The van der Waals surface area contributed by atoms with Crippen LogP contribution in [0.15, 0.2) is 22.8 Å². The molecule has 1 aliphatic heterocycles. The van der Waals surface area contributed by atoms with Gasteiger partial charge in [0.2, 0.25) is 0 Å². The highest BCUT2D eigenvalue weighted by molar-refractivity contribution is 7.37. The normalized spacial score (nSPS) is 16.2. The van der Waals surface area contributed by atoms with E-state index in [9.17, 15) is 9.59 Å². The predicted octanol–water partition coefficient (Wildman–Crippen LogP) is 4.25. The number of hydrogen-bond donors (Lipinski definition) is 0. The molecule has 3 atom stereocenters. The van der Waals surface area contributed by atoms with Crippen molar-refractivity contribution in [3.8, 4) is 10.6 Å². The van der Waals surface area contributed by atoms with Crippen LogP contribution in [0.25, 0.3) is 26.2 Å². The molecule has 3 aromatic rings. The minimum atomic E-state index is -0.227. The van der Waals surface area contributed by atoms with Crippen LogP contribution in [-0.2, 0) is 9.59 Å². The standard InChI is InChI=1S/C23H25N2O2P3S2/c1-6-25-22(26)12(5)9(2)14(23(25)27)7-13-8-15-20(31-13)24-21(32-15)16-17(28)10(3)11(4)18(29)19(16)30/h7-8H,6,28-30H2,1-5H3/b14-7-. The van der Waals surface area contributed by atoms with Gasteiger partial charge in [0.05, 0.1) is 4.70 Å². The van der Waals surface area contributed by atoms with Gasteiger partial charge in [-0.2, -0.15) is 0 Å². The number of aromatic nitrogens is 1. The van der Waals surface area contributed by atoms with E-state index in [1.807, 2.05) is 19.9 Å². The molecule has 0 saturated heterocycles. The summed E-state index contributed by atoms with van der Waals surface area (Å²) >= 11 is 3.24. The topological polar surface area (TPSA) is 50.3 Å². The summed E-state index contributed by atoms with van der Waals surface area (Å²) < 4.78 is 1.10. The number of amides is 2. The number of thiazole rings is 1. The number of benzene rings is 1. The lowest BCUT2D eigenvalue weighted by Gasteiger charge is -2.27. The van der Waals surface area contributed by atoms with E-state index < -0.39 is 0 Å². The SMILES string of the molecule is CCN1C(=O)C(C)=C(C)/C(=C/c2cc3sc(-c4c(P)c(C)c(C)c(P)c4P)nc3s2)C1=O. The average Bonchev–Trinajstić information content (AvgIpc) is 3.31. The number of hydrogen-bond acceptors (Lipinski definition) is 5. The average molecular weight is 519 g/mol. The molecule has 4 nitrogen and oxygen atoms in total. The van der Waals surface area contributed by atoms with Crippen molar-refractivity contribution in [3.63, 3.8) is 0 Å². The van der Waals surface area contributed by atoms with Crippen LogP contribution >= 0.6 is 50.4 Å². The Hall–Kier alpha value is -1.28. The zero-order valence-corrected chi connectivity index (χ0v) is 23.7. The summed E-state index contributed by atoms with van der Waals surface area (Å²) in [7, 11) is 8.60. The van der Waals surface area contributed by atoms with E-state index in [2.05, 4.69) is 47.6 Å². The van der Waals surface area contributed by atoms with Crippen molar-refractivity contribution in [1.82, 2.24) is 9.88 Å². The third-order valence-electron chi connectivity index (χ3n) is 6.13. The number of likely N-dealkylation sites (N-methyl/N-ethyl adjacent to an activating group) is 1. The monoisotopic (exact) mass is 518 g/mol. The third kappa shape index (κ3) is 3.75. The first-order valence-electron chi connectivity index (χ1n) is 10.2. The van der Waals surface area contributed by atoms with Crippen molar-refractivity contribution in [2.24, 2.45) is 0 Å². The van der Waals surface area contributed by atoms with Crippen molar-refractivity contribution in [3.05, 3.63) is 38.8 Å². The Morgan fingerprint density at radius 2 is 1.59 bits per heavy atom. The number of nitrogens with zero attached hydrogens (tertiary/aromatic N) is 2. The second-order valence-corrected chi connectivity index (χ2v) is 11.7. The molecule has 166 valence electrons. The van der Waals surface area contributed by atoms with E-state index in [0.717, 1.165) is 35.9 Å². The van der Waals surface area contributed by atoms with Crippen molar-refractivity contribution < 1.29 is 9.59 Å². The van der Waals surface area contributed by atoms with Crippen LogP contribution in [0.5, 0.6) is 0 Å². The Kier molecular flexibility index (Phi) is 6.58. The van der Waals surface area contributed by atoms with Crippen molar-refractivity contribution in [1.29, 1.82) is 0 Å². The van der Waals surface area contributed by atoms with Crippen LogP contribution in [0, 0.1) is 13.8 Å². The minimum absolute atomic E-state index is 0.200. The first-order chi connectivity index (χ1) is 15.1. The van der Waals surface area contributed by atoms with Gasteiger partial charge < -0.3 is 0 Å². The van der Waals surface area contributed by atoms with Gasteiger partial charge in [0.15, 0.2) is 0 Å². The Bertz CT molecular complexity index is 1320. The van der Waals surface area contributed by atoms with Crippen LogP contribution in [0.2, 0.25) is 0 Å². The number of thiophene rings is 1. The second-order valence-electron chi connectivity index (χ2n) is 7.87. The lowest BCUT2D eigenvalue weighted by atomic mass is 9.95. The van der Waals surface area contributed by atoms with Crippen molar-refractivity contribution >= 4 is 93.7 Å². The molecule has 32 heavy (non-hydrogen) atoms. The lowest BCUT2D eigenvalue weighted by Crippen LogP contribution is -2.42. The molecule has 0 fully saturated rings. The first kappa shape index (κ1) is 23.9. The maximum atomic E-state index is 12.9. The Morgan fingerprint density at radius 1 is 0.938 bits per heavy atom. The fourth-order valence-corrected chi connectivity index (χ4v) is 7.79. The number of rotatable bonds is 3. The maximum absolute atomic E-state index is 12.9. The molecule has 4 rings (SSSR count). The molecule has 2 aromatic heterocycles. The lowest BCUT2D eigenvalue weighted by molar-refractivity contribution is -0.140. The van der Waals surface area contributed by atoms with Crippen LogP contribution in [0.3, 0.4) is 0 Å². The Morgan fingerprint density at radius 3 is 2.22 bits per heavy atom. The fourth-order valence-electron chi connectivity index (χ4n) is 3.80. The van der Waals surface area contributed by atoms with Gasteiger partial charge in [-0.05, 0) is 79.4 Å². The molecule has 1 aliphatic rings. The molecule has 2 amide bonds. The van der Waals surface area contributed by atoms with Crippen LogP contribution < -0.4 is 15.9 Å². The van der Waals surface area contributed by atoms with Gasteiger partial charge in [-0.25, -0.2) is 4.98 Å². The zero-order valence-electron chi connectivity index (χ0n) is 18.6. The van der Waals surface area contributed by atoms with Crippen LogP contribution in [0.4, 0.5) is 0 Å². The smallest absolute Gasteiger partial charge is 0.261 e. The predicted molar refractivity (Wildman–Crippen MR) is 149 cm³/mol. The molecule has 0 radical (unpaired) electrons. The van der Waals surface area contributed by atoms with E-state index in [-0.39, 0.29) is 11.8 Å². The number of carbonyl (C=O) groups excluding carboxylic acids is 2. The summed E-state index contributed by atoms with van der Waals surface area (Å²) in [6.45, 7) is 10.1. The summed E-state index contributed by atoms with van der Waals surface area (Å²) in [5.74, 6) is -0.427. The molecule has 0 bridgehead atoms. The number of imide groups is 1. The van der Waals surface area contributed by atoms with Gasteiger partial charge in [-0.3, -0.25) is 14.5 Å². The molecule has 0 aliphatic carbocycles. The van der Waals surface area contributed by atoms with Gasteiger partial charge in [-0.15, -0.1) is 50.4 Å². The molecule has 3 heterocycles. The molecule has 3 unspecified atom stereocenters. The van der Waals surface area contributed by atoms with Crippen LogP contribution in [0.1, 0.15) is 36.8 Å². The number of carbonyl (C=O) groups is 2. The summed E-state index contributed by atoms with van der Waals surface area (Å²) in [6, 6.07) is 2.09. The Balaban J connectivity index is 1.79. The molecular formula is C23H25N2O2P3S2. The molecule has 0 saturated carbocycles. The van der Waals surface area contributed by atoms with E-state index >= 15 is 0 Å². The van der Waals surface area contributed by atoms with Crippen molar-refractivity contribution in [2.75, 3.05) is 6.54 Å². The molecular weight excluding hydrogens is 493 g/mol. The van der Waals surface area contributed by atoms with Gasteiger partial charge in [-0.1, -0.05) is 0 Å². The van der Waals surface area contributed by atoms with Crippen molar-refractivity contribution in [2.45, 2.75) is 34.6 Å². The maximum Gasteiger partial charge on any atom is 0.261 e. The van der Waals surface area contributed by atoms with E-state index in [1.165, 1.54) is 26.6 Å². The highest BCUT2D eigenvalue weighted by Crippen LogP contribution is 2.37. The summed E-state index contributed by atoms with van der Waals surface area (Å²) in [6.07, 6.45) is 1.90. The highest BCUT2D eigenvalue weighted by atomic mass is 32.1. The quantitative estimate of drug-likeness (QED) is 0.296. The first-order valence-corrected chi connectivity index (χ1v) is 13.5.